The lowest BCUT2D eigenvalue weighted by Crippen LogP contribution is -2.56. The van der Waals surface area contributed by atoms with Crippen LogP contribution < -0.4 is 9.44 Å². The van der Waals surface area contributed by atoms with Crippen molar-refractivity contribution in [2.24, 2.45) is 5.92 Å². The standard InChI is InChI=1S/C8H16N2O4S/c1-3-9-15(13,14)10-8(2,7(11)12)6-4-5-6/h6,9-10H,3-5H2,1-2H3,(H,11,12). The van der Waals surface area contributed by atoms with Crippen LogP contribution in [-0.2, 0) is 15.0 Å². The zero-order valence-corrected chi connectivity index (χ0v) is 9.60. The SMILES string of the molecule is CCNS(=O)(=O)NC(C)(C(=O)O)C1CC1. The smallest absolute Gasteiger partial charge is 0.324 e. The van der Waals surface area contributed by atoms with E-state index in [9.17, 15) is 13.2 Å². The molecule has 0 saturated heterocycles. The molecule has 7 heteroatoms. The molecule has 0 aromatic carbocycles. The van der Waals surface area contributed by atoms with Crippen molar-refractivity contribution in [1.82, 2.24) is 9.44 Å². The van der Waals surface area contributed by atoms with Gasteiger partial charge in [0.1, 0.15) is 5.54 Å². The van der Waals surface area contributed by atoms with Gasteiger partial charge in [-0.05, 0) is 25.7 Å². The molecule has 0 amide bonds. The molecule has 1 saturated carbocycles. The largest absolute Gasteiger partial charge is 0.480 e. The fourth-order valence-electron chi connectivity index (χ4n) is 1.47. The van der Waals surface area contributed by atoms with Crippen LogP contribution in [0.2, 0.25) is 0 Å². The summed E-state index contributed by atoms with van der Waals surface area (Å²) in [5.74, 6) is -1.24. The van der Waals surface area contributed by atoms with Gasteiger partial charge in [-0.2, -0.15) is 13.1 Å². The van der Waals surface area contributed by atoms with Gasteiger partial charge in [0.05, 0.1) is 0 Å². The second-order valence-electron chi connectivity index (χ2n) is 3.89. The lowest BCUT2D eigenvalue weighted by molar-refractivity contribution is -0.144. The zero-order valence-electron chi connectivity index (χ0n) is 8.78. The highest BCUT2D eigenvalue weighted by Crippen LogP contribution is 2.39. The molecule has 1 aliphatic carbocycles. The number of carbonyl (C=O) groups is 1. The molecule has 1 aliphatic rings. The zero-order chi connectivity index (χ0) is 11.7. The lowest BCUT2D eigenvalue weighted by Gasteiger charge is -2.25. The molecule has 0 aliphatic heterocycles. The van der Waals surface area contributed by atoms with E-state index in [0.29, 0.717) is 0 Å². The first kappa shape index (κ1) is 12.4. The maximum absolute atomic E-state index is 11.4. The lowest BCUT2D eigenvalue weighted by atomic mass is 9.98. The minimum absolute atomic E-state index is 0.108. The summed E-state index contributed by atoms with van der Waals surface area (Å²) < 4.78 is 27.2. The molecule has 0 spiro atoms. The second-order valence-corrected chi connectivity index (χ2v) is 5.38. The molecule has 0 aromatic heterocycles. The van der Waals surface area contributed by atoms with E-state index in [1.165, 1.54) is 6.92 Å². The third-order valence-electron chi connectivity index (χ3n) is 2.52. The van der Waals surface area contributed by atoms with Gasteiger partial charge in [0.25, 0.3) is 10.2 Å². The Morgan fingerprint density at radius 1 is 1.53 bits per heavy atom. The van der Waals surface area contributed by atoms with E-state index < -0.39 is 21.7 Å². The summed E-state index contributed by atoms with van der Waals surface area (Å²) in [5.41, 5.74) is -1.39. The molecule has 1 rings (SSSR count). The Kier molecular flexibility index (Phi) is 3.37. The van der Waals surface area contributed by atoms with Crippen molar-refractivity contribution in [1.29, 1.82) is 0 Å². The topological polar surface area (TPSA) is 95.5 Å². The van der Waals surface area contributed by atoms with Crippen LogP contribution in [0.3, 0.4) is 0 Å². The van der Waals surface area contributed by atoms with Crippen molar-refractivity contribution in [3.8, 4) is 0 Å². The molecule has 15 heavy (non-hydrogen) atoms. The van der Waals surface area contributed by atoms with Gasteiger partial charge in [-0.1, -0.05) is 6.92 Å². The van der Waals surface area contributed by atoms with Crippen LogP contribution in [0, 0.1) is 5.92 Å². The summed E-state index contributed by atoms with van der Waals surface area (Å²) in [5, 5.41) is 9.02. The van der Waals surface area contributed by atoms with Crippen LogP contribution in [0.5, 0.6) is 0 Å². The fraction of sp³-hybridized carbons (Fsp3) is 0.875. The van der Waals surface area contributed by atoms with Gasteiger partial charge in [-0.25, -0.2) is 4.72 Å². The van der Waals surface area contributed by atoms with E-state index >= 15 is 0 Å². The Labute approximate surface area is 89.2 Å². The van der Waals surface area contributed by atoms with E-state index in [-0.39, 0.29) is 12.5 Å². The number of hydrogen-bond donors (Lipinski definition) is 3. The first-order valence-corrected chi connectivity index (χ1v) is 6.32. The predicted octanol–water partition coefficient (Wildman–Crippen LogP) is -0.316. The van der Waals surface area contributed by atoms with E-state index in [0.717, 1.165) is 12.8 Å². The first-order valence-electron chi connectivity index (χ1n) is 4.84. The molecule has 1 fully saturated rings. The highest BCUT2D eigenvalue weighted by atomic mass is 32.2. The van der Waals surface area contributed by atoms with Gasteiger partial charge >= 0.3 is 5.97 Å². The average Bonchev–Trinajstić information content (AvgIpc) is 2.83. The van der Waals surface area contributed by atoms with Gasteiger partial charge in [0, 0.05) is 6.54 Å². The number of nitrogens with one attached hydrogen (secondary N) is 2. The highest BCUT2D eigenvalue weighted by molar-refractivity contribution is 7.87. The Morgan fingerprint density at radius 2 is 2.07 bits per heavy atom. The summed E-state index contributed by atoms with van der Waals surface area (Å²) in [6.07, 6.45) is 1.49. The van der Waals surface area contributed by atoms with E-state index in [1.807, 2.05) is 0 Å². The van der Waals surface area contributed by atoms with Crippen molar-refractivity contribution in [2.75, 3.05) is 6.54 Å². The molecule has 88 valence electrons. The Hall–Kier alpha value is -0.660. The third kappa shape index (κ3) is 2.90. The van der Waals surface area contributed by atoms with Crippen LogP contribution in [-0.4, -0.2) is 31.6 Å². The minimum atomic E-state index is -3.72. The number of hydrogen-bond acceptors (Lipinski definition) is 3. The Morgan fingerprint density at radius 3 is 2.40 bits per heavy atom. The molecule has 0 radical (unpaired) electrons. The normalized spacial score (nSPS) is 20.9. The van der Waals surface area contributed by atoms with Crippen molar-refractivity contribution < 1.29 is 18.3 Å². The average molecular weight is 236 g/mol. The summed E-state index contributed by atoms with van der Waals surface area (Å²) in [6.45, 7) is 3.27. The van der Waals surface area contributed by atoms with Crippen LogP contribution in [0.4, 0.5) is 0 Å². The summed E-state index contributed by atoms with van der Waals surface area (Å²) >= 11 is 0. The molecule has 0 heterocycles. The third-order valence-corrected chi connectivity index (χ3v) is 3.88. The van der Waals surface area contributed by atoms with Crippen LogP contribution in [0.1, 0.15) is 26.7 Å². The number of carboxylic acids is 1. The minimum Gasteiger partial charge on any atom is -0.480 e. The van der Waals surface area contributed by atoms with Crippen molar-refractivity contribution in [2.45, 2.75) is 32.2 Å². The van der Waals surface area contributed by atoms with Gasteiger partial charge in [-0.15, -0.1) is 0 Å². The number of aliphatic carboxylic acids is 1. The van der Waals surface area contributed by atoms with Crippen LogP contribution in [0.25, 0.3) is 0 Å². The second kappa shape index (κ2) is 4.07. The highest BCUT2D eigenvalue weighted by Gasteiger charge is 2.49. The quantitative estimate of drug-likeness (QED) is 0.589. The van der Waals surface area contributed by atoms with E-state index in [2.05, 4.69) is 9.44 Å². The summed E-state index contributed by atoms with van der Waals surface area (Å²) in [4.78, 5) is 11.0. The van der Waals surface area contributed by atoms with Crippen molar-refractivity contribution in [3.05, 3.63) is 0 Å². The number of carboxylic acid groups (broad SMARTS) is 1. The monoisotopic (exact) mass is 236 g/mol. The van der Waals surface area contributed by atoms with E-state index in [4.69, 9.17) is 5.11 Å². The molecule has 1 unspecified atom stereocenters. The molecular weight excluding hydrogens is 220 g/mol. The van der Waals surface area contributed by atoms with Crippen LogP contribution >= 0.6 is 0 Å². The first-order chi connectivity index (χ1) is 6.82. The van der Waals surface area contributed by atoms with Crippen molar-refractivity contribution in [3.63, 3.8) is 0 Å². The van der Waals surface area contributed by atoms with E-state index in [1.54, 1.807) is 6.92 Å². The maximum atomic E-state index is 11.4. The Bertz CT molecular complexity index is 350. The number of rotatable bonds is 6. The molecule has 1 atom stereocenters. The van der Waals surface area contributed by atoms with Crippen molar-refractivity contribution >= 4 is 16.2 Å². The fourth-order valence-corrected chi connectivity index (χ4v) is 2.73. The van der Waals surface area contributed by atoms with Crippen LogP contribution in [0.15, 0.2) is 0 Å². The van der Waals surface area contributed by atoms with Gasteiger partial charge in [0.15, 0.2) is 0 Å². The Balaban J connectivity index is 2.80. The van der Waals surface area contributed by atoms with Gasteiger partial charge < -0.3 is 5.11 Å². The molecule has 0 aromatic rings. The van der Waals surface area contributed by atoms with Gasteiger partial charge in [-0.3, -0.25) is 4.79 Å². The maximum Gasteiger partial charge on any atom is 0.324 e. The van der Waals surface area contributed by atoms with Gasteiger partial charge in [0.2, 0.25) is 0 Å². The summed E-state index contributed by atoms with van der Waals surface area (Å²) in [6, 6.07) is 0. The predicted molar refractivity (Wildman–Crippen MR) is 54.5 cm³/mol. The molecule has 3 N–H and O–H groups in total. The molecule has 0 bridgehead atoms. The molecular formula is C8H16N2O4S. The summed E-state index contributed by atoms with van der Waals surface area (Å²) in [7, 11) is -3.72. The molecule has 6 nitrogen and oxygen atoms in total.